The minimum Gasteiger partial charge on any atom is -0.480 e. The Labute approximate surface area is 213 Å². The van der Waals surface area contributed by atoms with E-state index >= 15 is 0 Å². The Morgan fingerprint density at radius 1 is 0.889 bits per heavy atom. The molecule has 0 aromatic heterocycles. The first-order valence-corrected chi connectivity index (χ1v) is 12.6. The molecule has 5 atom stereocenters. The first-order chi connectivity index (χ1) is 17.0. The second kappa shape index (κ2) is 15.9. The number of nitrogens with one attached hydrogen (secondary N) is 3. The van der Waals surface area contributed by atoms with E-state index in [1.165, 1.54) is 0 Å². The number of unbranched alkanes of at least 4 members (excludes halogenated alkanes) is 1. The van der Waals surface area contributed by atoms with Crippen molar-refractivity contribution in [3.63, 3.8) is 0 Å². The fraction of sp³-hybridized carbons (Fsp3) is 0.615. The van der Waals surface area contributed by atoms with Crippen LogP contribution in [0.3, 0.4) is 0 Å². The summed E-state index contributed by atoms with van der Waals surface area (Å²) in [5.74, 6) is -3.15. The van der Waals surface area contributed by atoms with Crippen LogP contribution >= 0.6 is 0 Å². The largest absolute Gasteiger partial charge is 0.480 e. The van der Waals surface area contributed by atoms with Crippen LogP contribution in [0.2, 0.25) is 0 Å². The maximum Gasteiger partial charge on any atom is 0.326 e. The van der Waals surface area contributed by atoms with E-state index in [4.69, 9.17) is 11.5 Å². The molecule has 10 nitrogen and oxygen atoms in total. The highest BCUT2D eigenvalue weighted by atomic mass is 16.4. The first-order valence-electron chi connectivity index (χ1n) is 12.6. The Bertz CT molecular complexity index is 848. The van der Waals surface area contributed by atoms with E-state index in [1.807, 2.05) is 44.2 Å². The summed E-state index contributed by atoms with van der Waals surface area (Å²) in [4.78, 5) is 50.7. The summed E-state index contributed by atoms with van der Waals surface area (Å²) in [5, 5.41) is 17.5. The normalized spacial score (nSPS) is 15.3. The van der Waals surface area contributed by atoms with Gasteiger partial charge in [-0.2, -0.15) is 0 Å². The predicted molar refractivity (Wildman–Crippen MR) is 139 cm³/mol. The Kier molecular flexibility index (Phi) is 13.7. The number of carbonyl (C=O) groups is 4. The lowest BCUT2D eigenvalue weighted by atomic mass is 9.97. The number of aliphatic carboxylic acids is 1. The van der Waals surface area contributed by atoms with Crippen LogP contribution in [0.4, 0.5) is 0 Å². The molecule has 0 radical (unpaired) electrons. The van der Waals surface area contributed by atoms with Crippen molar-refractivity contribution in [3.05, 3.63) is 35.9 Å². The van der Waals surface area contributed by atoms with Crippen molar-refractivity contribution in [1.82, 2.24) is 16.0 Å². The summed E-state index contributed by atoms with van der Waals surface area (Å²) in [6.45, 7) is 7.72. The maximum atomic E-state index is 13.3. The molecular weight excluding hydrogens is 462 g/mol. The Balaban J connectivity index is 3.04. The first kappa shape index (κ1) is 31.1. The SMILES string of the molecule is CCC(C)C(N)C(=O)NC(Cc1ccccc1)C(=O)NC(C(=O)NC(CCCCN)C(=O)O)C(C)C. The molecule has 0 bridgehead atoms. The van der Waals surface area contributed by atoms with Crippen molar-refractivity contribution in [2.24, 2.45) is 23.3 Å². The molecule has 202 valence electrons. The van der Waals surface area contributed by atoms with Gasteiger partial charge in [-0.25, -0.2) is 4.79 Å². The van der Waals surface area contributed by atoms with Gasteiger partial charge in [-0.1, -0.05) is 64.4 Å². The second-order valence-electron chi connectivity index (χ2n) is 9.58. The molecule has 0 saturated heterocycles. The molecule has 0 heterocycles. The highest BCUT2D eigenvalue weighted by Crippen LogP contribution is 2.10. The van der Waals surface area contributed by atoms with Gasteiger partial charge >= 0.3 is 5.97 Å². The molecular formula is C26H43N5O5. The Morgan fingerprint density at radius 3 is 2.03 bits per heavy atom. The van der Waals surface area contributed by atoms with Gasteiger partial charge in [0.15, 0.2) is 0 Å². The Morgan fingerprint density at radius 2 is 1.50 bits per heavy atom. The van der Waals surface area contributed by atoms with E-state index in [0.717, 1.165) is 5.56 Å². The van der Waals surface area contributed by atoms with Gasteiger partial charge in [-0.05, 0) is 43.2 Å². The maximum absolute atomic E-state index is 13.3. The molecule has 0 saturated carbocycles. The van der Waals surface area contributed by atoms with Gasteiger partial charge in [0.05, 0.1) is 6.04 Å². The Hall–Kier alpha value is -2.98. The van der Waals surface area contributed by atoms with Crippen LogP contribution in [0.5, 0.6) is 0 Å². The molecule has 36 heavy (non-hydrogen) atoms. The van der Waals surface area contributed by atoms with E-state index < -0.39 is 47.9 Å². The molecule has 1 aromatic carbocycles. The van der Waals surface area contributed by atoms with Crippen LogP contribution in [-0.4, -0.2) is 59.5 Å². The van der Waals surface area contributed by atoms with Crippen LogP contribution in [-0.2, 0) is 25.6 Å². The highest BCUT2D eigenvalue weighted by Gasteiger charge is 2.32. The smallest absolute Gasteiger partial charge is 0.326 e. The summed E-state index contributed by atoms with van der Waals surface area (Å²) < 4.78 is 0. The van der Waals surface area contributed by atoms with Crippen LogP contribution in [0.15, 0.2) is 30.3 Å². The second-order valence-corrected chi connectivity index (χ2v) is 9.58. The number of rotatable bonds is 16. The third-order valence-electron chi connectivity index (χ3n) is 6.28. The number of hydrogen-bond donors (Lipinski definition) is 6. The minimum atomic E-state index is -1.15. The van der Waals surface area contributed by atoms with E-state index in [9.17, 15) is 24.3 Å². The van der Waals surface area contributed by atoms with E-state index in [2.05, 4.69) is 16.0 Å². The van der Waals surface area contributed by atoms with E-state index in [-0.39, 0.29) is 24.7 Å². The third-order valence-corrected chi connectivity index (χ3v) is 6.28. The summed E-state index contributed by atoms with van der Waals surface area (Å²) in [7, 11) is 0. The number of benzene rings is 1. The molecule has 10 heteroatoms. The van der Waals surface area contributed by atoms with Crippen molar-refractivity contribution in [3.8, 4) is 0 Å². The summed E-state index contributed by atoms with van der Waals surface area (Å²) in [6.07, 6.45) is 2.33. The molecule has 0 fully saturated rings. The van der Waals surface area contributed by atoms with Crippen LogP contribution in [0.25, 0.3) is 0 Å². The van der Waals surface area contributed by atoms with Gasteiger partial charge < -0.3 is 32.5 Å². The number of carboxylic acids is 1. The van der Waals surface area contributed by atoms with Crippen molar-refractivity contribution >= 4 is 23.7 Å². The zero-order chi connectivity index (χ0) is 27.3. The molecule has 0 aliphatic carbocycles. The number of carboxylic acid groups (broad SMARTS) is 1. The quantitative estimate of drug-likeness (QED) is 0.181. The molecule has 1 aromatic rings. The topological polar surface area (TPSA) is 177 Å². The highest BCUT2D eigenvalue weighted by molar-refractivity contribution is 5.94. The van der Waals surface area contributed by atoms with Crippen LogP contribution < -0.4 is 27.4 Å². The molecule has 0 aliphatic rings. The molecule has 1 rings (SSSR count). The standard InChI is InChI=1S/C26H43N5O5/c1-5-17(4)21(28)24(33)30-20(15-18-11-7-6-8-12-18)23(32)31-22(16(2)3)25(34)29-19(26(35)36)13-9-10-14-27/h6-8,11-12,16-17,19-22H,5,9-10,13-15,27-28H2,1-4H3,(H,29,34)(H,30,33)(H,31,32)(H,35,36). The average molecular weight is 506 g/mol. The van der Waals surface area contributed by atoms with Gasteiger partial charge in [-0.15, -0.1) is 0 Å². The van der Waals surface area contributed by atoms with Crippen molar-refractivity contribution in [2.75, 3.05) is 6.54 Å². The van der Waals surface area contributed by atoms with Crippen LogP contribution in [0, 0.1) is 11.8 Å². The van der Waals surface area contributed by atoms with Gasteiger partial charge in [0.1, 0.15) is 18.1 Å². The lowest BCUT2D eigenvalue weighted by Crippen LogP contribution is -2.59. The number of amides is 3. The van der Waals surface area contributed by atoms with Gasteiger partial charge in [0.2, 0.25) is 17.7 Å². The molecule has 0 spiro atoms. The molecule has 8 N–H and O–H groups in total. The van der Waals surface area contributed by atoms with Gasteiger partial charge in [-0.3, -0.25) is 14.4 Å². The lowest BCUT2D eigenvalue weighted by Gasteiger charge is -2.27. The van der Waals surface area contributed by atoms with E-state index in [0.29, 0.717) is 25.8 Å². The molecule has 0 aliphatic heterocycles. The van der Waals surface area contributed by atoms with Crippen molar-refractivity contribution < 1.29 is 24.3 Å². The van der Waals surface area contributed by atoms with Gasteiger partial charge in [0, 0.05) is 6.42 Å². The summed E-state index contributed by atoms with van der Waals surface area (Å²) in [5.41, 5.74) is 12.4. The molecule has 5 unspecified atom stereocenters. The fourth-order valence-corrected chi connectivity index (χ4v) is 3.64. The average Bonchev–Trinajstić information content (AvgIpc) is 2.85. The van der Waals surface area contributed by atoms with Crippen LogP contribution in [0.1, 0.15) is 58.9 Å². The summed E-state index contributed by atoms with van der Waals surface area (Å²) in [6, 6.07) is 5.36. The zero-order valence-electron chi connectivity index (χ0n) is 21.8. The minimum absolute atomic E-state index is 0.0770. The predicted octanol–water partition coefficient (Wildman–Crippen LogP) is 0.927. The monoisotopic (exact) mass is 505 g/mol. The molecule has 3 amide bonds. The van der Waals surface area contributed by atoms with Gasteiger partial charge in [0.25, 0.3) is 0 Å². The number of carbonyl (C=O) groups excluding carboxylic acids is 3. The van der Waals surface area contributed by atoms with E-state index in [1.54, 1.807) is 13.8 Å². The zero-order valence-corrected chi connectivity index (χ0v) is 21.8. The number of nitrogens with two attached hydrogens (primary N) is 2. The lowest BCUT2D eigenvalue weighted by molar-refractivity contribution is -0.142. The summed E-state index contributed by atoms with van der Waals surface area (Å²) >= 11 is 0. The third kappa shape index (κ3) is 10.3. The van der Waals surface area contributed by atoms with Crippen molar-refractivity contribution in [1.29, 1.82) is 0 Å². The van der Waals surface area contributed by atoms with Crippen molar-refractivity contribution in [2.45, 2.75) is 84.0 Å². The number of hydrogen-bond acceptors (Lipinski definition) is 6. The fourth-order valence-electron chi connectivity index (χ4n) is 3.64.